The van der Waals surface area contributed by atoms with E-state index in [1.54, 1.807) is 0 Å². The third-order valence-corrected chi connectivity index (χ3v) is 1.82. The van der Waals surface area contributed by atoms with Crippen molar-refractivity contribution in [3.05, 3.63) is 0 Å². The Hall–Kier alpha value is -1.14. The number of carboxylic acids is 1. The zero-order valence-corrected chi connectivity index (χ0v) is 6.90. The van der Waals surface area contributed by atoms with Crippen molar-refractivity contribution in [2.75, 3.05) is 13.2 Å². The number of rotatable bonds is 3. The number of aliphatic carboxylic acids is 1. The van der Waals surface area contributed by atoms with E-state index in [9.17, 15) is 9.59 Å². The van der Waals surface area contributed by atoms with Gasteiger partial charge in [-0.3, -0.25) is 4.79 Å². The van der Waals surface area contributed by atoms with E-state index in [1.807, 2.05) is 0 Å². The van der Waals surface area contributed by atoms with E-state index in [2.05, 4.69) is 5.32 Å². The monoisotopic (exact) mass is 189 g/mol. The Kier molecular flexibility index (Phi) is 3.21. The van der Waals surface area contributed by atoms with E-state index in [0.29, 0.717) is 6.54 Å². The minimum Gasteiger partial charge on any atom is -0.480 e. The number of hydrogen-bond acceptors (Lipinski definition) is 5. The maximum atomic E-state index is 10.6. The number of ether oxygens (including phenoxy) is 1. The van der Waals surface area contributed by atoms with Crippen molar-refractivity contribution in [3.63, 3.8) is 0 Å². The van der Waals surface area contributed by atoms with Crippen molar-refractivity contribution >= 4 is 11.9 Å². The number of carbonyl (C=O) groups is 2. The molecule has 13 heavy (non-hydrogen) atoms. The van der Waals surface area contributed by atoms with Crippen molar-refractivity contribution in [2.24, 2.45) is 0 Å². The van der Waals surface area contributed by atoms with E-state index < -0.39 is 30.7 Å². The van der Waals surface area contributed by atoms with Gasteiger partial charge in [0.2, 0.25) is 0 Å². The van der Waals surface area contributed by atoms with Gasteiger partial charge in [-0.05, 0) is 0 Å². The molecule has 1 aliphatic rings. The molecular weight excluding hydrogens is 178 g/mol. The van der Waals surface area contributed by atoms with Gasteiger partial charge in [0, 0.05) is 13.0 Å². The molecule has 1 aliphatic heterocycles. The summed E-state index contributed by atoms with van der Waals surface area (Å²) in [4.78, 5) is 21.0. The van der Waals surface area contributed by atoms with Crippen molar-refractivity contribution in [1.29, 1.82) is 0 Å². The molecule has 1 rings (SSSR count). The maximum Gasteiger partial charge on any atom is 0.332 e. The number of aliphatic hydroxyl groups excluding tert-OH is 1. The fraction of sp³-hybridized carbons (Fsp3) is 0.714. The predicted octanol–water partition coefficient (Wildman–Crippen LogP) is -1.66. The van der Waals surface area contributed by atoms with Crippen LogP contribution in [-0.2, 0) is 14.3 Å². The first kappa shape index (κ1) is 9.94. The molecule has 0 aromatic rings. The first-order chi connectivity index (χ1) is 6.13. The zero-order chi connectivity index (χ0) is 9.84. The molecule has 6 heteroatoms. The van der Waals surface area contributed by atoms with Gasteiger partial charge in [0.1, 0.15) is 18.8 Å². The highest BCUT2D eigenvalue weighted by molar-refractivity contribution is 5.74. The van der Waals surface area contributed by atoms with Gasteiger partial charge in [-0.1, -0.05) is 0 Å². The van der Waals surface area contributed by atoms with E-state index in [-0.39, 0.29) is 6.42 Å². The van der Waals surface area contributed by atoms with Gasteiger partial charge in [0.25, 0.3) is 0 Å². The highest BCUT2D eigenvalue weighted by Crippen LogP contribution is 2.10. The van der Waals surface area contributed by atoms with Crippen LogP contribution in [0.1, 0.15) is 6.42 Å². The van der Waals surface area contributed by atoms with Crippen LogP contribution in [0.2, 0.25) is 0 Å². The predicted molar refractivity (Wildman–Crippen MR) is 41.0 cm³/mol. The molecule has 1 heterocycles. The van der Waals surface area contributed by atoms with Gasteiger partial charge in [0.15, 0.2) is 0 Å². The summed E-state index contributed by atoms with van der Waals surface area (Å²) in [6, 6.07) is -0.656. The van der Waals surface area contributed by atoms with Crippen LogP contribution < -0.4 is 5.32 Å². The van der Waals surface area contributed by atoms with Crippen LogP contribution in [0.25, 0.3) is 0 Å². The third kappa shape index (κ3) is 2.67. The number of hydrogen-bond donors (Lipinski definition) is 3. The molecule has 74 valence electrons. The van der Waals surface area contributed by atoms with Crippen LogP contribution in [0.15, 0.2) is 0 Å². The Labute approximate surface area is 74.5 Å². The van der Waals surface area contributed by atoms with Crippen LogP contribution >= 0.6 is 0 Å². The van der Waals surface area contributed by atoms with Gasteiger partial charge in [0.05, 0.1) is 0 Å². The average Bonchev–Trinajstić information content (AvgIpc) is 2.52. The molecule has 0 aromatic heterocycles. The largest absolute Gasteiger partial charge is 0.480 e. The van der Waals surface area contributed by atoms with Crippen LogP contribution in [0, 0.1) is 0 Å². The molecular formula is C7H11NO5. The number of esters is 1. The normalized spacial score (nSPS) is 27.2. The summed E-state index contributed by atoms with van der Waals surface area (Å²) >= 11 is 0. The Morgan fingerprint density at radius 1 is 1.54 bits per heavy atom. The Bertz CT molecular complexity index is 217. The summed E-state index contributed by atoms with van der Waals surface area (Å²) in [6.45, 7) is -0.350. The second kappa shape index (κ2) is 4.20. The molecule has 0 aliphatic carbocycles. The highest BCUT2D eigenvalue weighted by atomic mass is 16.6. The summed E-state index contributed by atoms with van der Waals surface area (Å²) < 4.78 is 4.73. The minimum atomic E-state index is -0.956. The average molecular weight is 189 g/mol. The zero-order valence-electron chi connectivity index (χ0n) is 6.90. The molecule has 2 atom stereocenters. The van der Waals surface area contributed by atoms with Crippen LogP contribution in [-0.4, -0.2) is 47.4 Å². The first-order valence-corrected chi connectivity index (χ1v) is 3.90. The molecule has 0 aromatic carbocycles. The fourth-order valence-corrected chi connectivity index (χ4v) is 1.20. The second-order valence-electron chi connectivity index (χ2n) is 2.80. The molecule has 1 saturated heterocycles. The third-order valence-electron chi connectivity index (χ3n) is 1.82. The summed E-state index contributed by atoms with van der Waals surface area (Å²) in [5.41, 5.74) is 0. The maximum absolute atomic E-state index is 10.6. The van der Waals surface area contributed by atoms with E-state index in [4.69, 9.17) is 14.9 Å². The molecule has 0 amide bonds. The van der Waals surface area contributed by atoms with E-state index in [0.717, 1.165) is 0 Å². The topological polar surface area (TPSA) is 95.9 Å². The van der Waals surface area contributed by atoms with Gasteiger partial charge >= 0.3 is 11.9 Å². The number of carboxylic acid groups (broad SMARTS) is 1. The summed E-state index contributed by atoms with van der Waals surface area (Å²) in [5.74, 6) is -1.68. The summed E-state index contributed by atoms with van der Waals surface area (Å²) in [7, 11) is 0. The standard InChI is InChI=1S/C7H11NO5/c9-3-6(10)13-4-1-5(7(11)12)8-2-4/h4-5,8-9H,1-3H2,(H,11,12)/t4-,5+/m1/s1. The second-order valence-corrected chi connectivity index (χ2v) is 2.80. The van der Waals surface area contributed by atoms with Gasteiger partial charge in [-0.15, -0.1) is 0 Å². The van der Waals surface area contributed by atoms with Crippen LogP contribution in [0.5, 0.6) is 0 Å². The summed E-state index contributed by atoms with van der Waals surface area (Å²) in [5, 5.41) is 19.6. The molecule has 0 spiro atoms. The Morgan fingerprint density at radius 2 is 2.23 bits per heavy atom. The molecule has 1 fully saturated rings. The molecule has 0 bridgehead atoms. The smallest absolute Gasteiger partial charge is 0.332 e. The van der Waals surface area contributed by atoms with Gasteiger partial charge in [-0.25, -0.2) is 4.79 Å². The highest BCUT2D eigenvalue weighted by Gasteiger charge is 2.31. The first-order valence-electron chi connectivity index (χ1n) is 3.90. The molecule has 0 radical (unpaired) electrons. The van der Waals surface area contributed by atoms with Crippen molar-refractivity contribution in [1.82, 2.24) is 5.32 Å². The quantitative estimate of drug-likeness (QED) is 0.460. The molecule has 6 nitrogen and oxygen atoms in total. The SMILES string of the molecule is O=C(CO)O[C@H]1CN[C@H](C(=O)O)C1. The lowest BCUT2D eigenvalue weighted by Gasteiger charge is -2.08. The summed E-state index contributed by atoms with van der Waals surface area (Å²) in [6.07, 6.45) is -0.193. The van der Waals surface area contributed by atoms with Gasteiger partial charge < -0.3 is 20.3 Å². The van der Waals surface area contributed by atoms with Crippen molar-refractivity contribution < 1.29 is 24.5 Å². The Morgan fingerprint density at radius 3 is 2.69 bits per heavy atom. The van der Waals surface area contributed by atoms with Crippen LogP contribution in [0.4, 0.5) is 0 Å². The lowest BCUT2D eigenvalue weighted by molar-refractivity contribution is -0.152. The van der Waals surface area contributed by atoms with Crippen molar-refractivity contribution in [2.45, 2.75) is 18.6 Å². The van der Waals surface area contributed by atoms with Crippen molar-refractivity contribution in [3.8, 4) is 0 Å². The Balaban J connectivity index is 2.33. The fourth-order valence-electron chi connectivity index (χ4n) is 1.20. The number of carbonyl (C=O) groups excluding carboxylic acids is 1. The minimum absolute atomic E-state index is 0.251. The molecule has 0 unspecified atom stereocenters. The van der Waals surface area contributed by atoms with Gasteiger partial charge in [-0.2, -0.15) is 0 Å². The number of nitrogens with one attached hydrogen (secondary N) is 1. The van der Waals surface area contributed by atoms with Crippen LogP contribution in [0.3, 0.4) is 0 Å². The lowest BCUT2D eigenvalue weighted by atomic mass is 10.2. The lowest BCUT2D eigenvalue weighted by Crippen LogP contribution is -2.30. The molecule has 3 N–H and O–H groups in total. The van der Waals surface area contributed by atoms with E-state index >= 15 is 0 Å². The number of aliphatic hydroxyl groups is 1. The van der Waals surface area contributed by atoms with E-state index in [1.165, 1.54) is 0 Å². The molecule has 0 saturated carbocycles.